The molecule has 1 aromatic carbocycles. The molecule has 4 heteroatoms. The molecule has 2 aromatic rings. The second-order valence-corrected chi connectivity index (χ2v) is 6.01. The van der Waals surface area contributed by atoms with E-state index in [4.69, 9.17) is 4.74 Å². The Kier molecular flexibility index (Phi) is 5.37. The van der Waals surface area contributed by atoms with Gasteiger partial charge in [0.1, 0.15) is 18.4 Å². The average Bonchev–Trinajstić information content (AvgIpc) is 2.96. The van der Waals surface area contributed by atoms with E-state index in [1.54, 1.807) is 12.7 Å². The highest BCUT2D eigenvalue weighted by atomic mass is 16.5. The molecule has 0 amide bonds. The van der Waals surface area contributed by atoms with Crippen LogP contribution in [0.15, 0.2) is 30.9 Å². The van der Waals surface area contributed by atoms with Crippen LogP contribution < -0.4 is 4.74 Å². The normalized spacial score (nSPS) is 11.3. The maximum absolute atomic E-state index is 5.92. The number of rotatable bonds is 7. The molecule has 21 heavy (non-hydrogen) atoms. The summed E-state index contributed by atoms with van der Waals surface area (Å²) in [6.07, 6.45) is 4.21. The Morgan fingerprint density at radius 1 is 1.05 bits per heavy atom. The number of ether oxygens (including phenoxy) is 1. The van der Waals surface area contributed by atoms with E-state index in [-0.39, 0.29) is 0 Å². The molecule has 1 heterocycles. The molecule has 4 nitrogen and oxygen atoms in total. The fraction of sp³-hybridized carbons (Fsp3) is 0.529. The molecular weight excluding hydrogens is 262 g/mol. The Morgan fingerprint density at radius 3 is 2.24 bits per heavy atom. The van der Waals surface area contributed by atoms with Crippen LogP contribution in [0, 0.1) is 0 Å². The van der Waals surface area contributed by atoms with Crippen LogP contribution in [0.2, 0.25) is 0 Å². The monoisotopic (exact) mass is 287 g/mol. The van der Waals surface area contributed by atoms with E-state index in [2.05, 4.69) is 56.0 Å². The number of aromatic nitrogens is 3. The number of nitrogens with zero attached hydrogens (tertiary/aromatic N) is 3. The van der Waals surface area contributed by atoms with Gasteiger partial charge >= 0.3 is 0 Å². The topological polar surface area (TPSA) is 39.9 Å². The van der Waals surface area contributed by atoms with Crippen molar-refractivity contribution in [3.05, 3.63) is 42.0 Å². The molecule has 1 aromatic heterocycles. The molecule has 0 aliphatic carbocycles. The molecule has 0 bridgehead atoms. The third-order valence-corrected chi connectivity index (χ3v) is 3.55. The van der Waals surface area contributed by atoms with E-state index in [1.165, 1.54) is 11.1 Å². The van der Waals surface area contributed by atoms with Gasteiger partial charge in [0.2, 0.25) is 0 Å². The molecule has 0 aliphatic heterocycles. The average molecular weight is 287 g/mol. The van der Waals surface area contributed by atoms with Gasteiger partial charge in [-0.2, -0.15) is 5.10 Å². The van der Waals surface area contributed by atoms with Crippen molar-refractivity contribution in [2.24, 2.45) is 0 Å². The third kappa shape index (κ3) is 4.59. The van der Waals surface area contributed by atoms with Gasteiger partial charge in [0.15, 0.2) is 0 Å². The molecule has 0 N–H and O–H groups in total. The third-order valence-electron chi connectivity index (χ3n) is 3.55. The van der Waals surface area contributed by atoms with Crippen LogP contribution in [-0.4, -0.2) is 21.4 Å². The van der Waals surface area contributed by atoms with Crippen LogP contribution in [0.25, 0.3) is 0 Å². The lowest BCUT2D eigenvalue weighted by Gasteiger charge is -2.15. The van der Waals surface area contributed by atoms with Gasteiger partial charge in [0.05, 0.1) is 6.61 Å². The van der Waals surface area contributed by atoms with Crippen LogP contribution in [0.1, 0.15) is 57.1 Å². The summed E-state index contributed by atoms with van der Waals surface area (Å²) in [6.45, 7) is 10.4. The lowest BCUT2D eigenvalue weighted by Crippen LogP contribution is -2.05. The molecule has 0 radical (unpaired) electrons. The molecule has 0 atom stereocenters. The number of hydrogen-bond acceptors (Lipinski definition) is 3. The van der Waals surface area contributed by atoms with Crippen LogP contribution >= 0.6 is 0 Å². The van der Waals surface area contributed by atoms with Crippen molar-refractivity contribution in [1.29, 1.82) is 0 Å². The highest BCUT2D eigenvalue weighted by molar-refractivity contribution is 5.37. The lowest BCUT2D eigenvalue weighted by atomic mass is 9.95. The summed E-state index contributed by atoms with van der Waals surface area (Å²) in [6, 6.07) is 6.61. The van der Waals surface area contributed by atoms with E-state index in [1.807, 2.05) is 4.68 Å². The van der Waals surface area contributed by atoms with Crippen LogP contribution in [0.5, 0.6) is 5.75 Å². The van der Waals surface area contributed by atoms with Gasteiger partial charge < -0.3 is 4.74 Å². The van der Waals surface area contributed by atoms with Crippen LogP contribution in [-0.2, 0) is 6.54 Å². The summed E-state index contributed by atoms with van der Waals surface area (Å²) in [5.74, 6) is 2.01. The van der Waals surface area contributed by atoms with Gasteiger partial charge in [-0.3, -0.25) is 4.68 Å². The van der Waals surface area contributed by atoms with Gasteiger partial charge in [0.25, 0.3) is 0 Å². The first kappa shape index (κ1) is 15.5. The lowest BCUT2D eigenvalue weighted by molar-refractivity contribution is 0.298. The standard InChI is InChI=1S/C17H25N3O/c1-13(2)15-8-16(14(3)4)10-17(9-15)21-7-5-6-20-12-18-11-19-20/h8-14H,5-7H2,1-4H3. The maximum atomic E-state index is 5.92. The van der Waals surface area contributed by atoms with Crippen LogP contribution in [0.3, 0.4) is 0 Å². The predicted molar refractivity (Wildman–Crippen MR) is 84.8 cm³/mol. The first-order valence-corrected chi connectivity index (χ1v) is 7.66. The van der Waals surface area contributed by atoms with E-state index >= 15 is 0 Å². The summed E-state index contributed by atoms with van der Waals surface area (Å²) >= 11 is 0. The minimum atomic E-state index is 0.515. The number of hydrogen-bond donors (Lipinski definition) is 0. The smallest absolute Gasteiger partial charge is 0.137 e. The summed E-state index contributed by atoms with van der Waals surface area (Å²) in [5.41, 5.74) is 2.68. The molecule has 114 valence electrons. The Morgan fingerprint density at radius 2 is 1.71 bits per heavy atom. The Balaban J connectivity index is 1.95. The maximum Gasteiger partial charge on any atom is 0.137 e. The Bertz CT molecular complexity index is 521. The summed E-state index contributed by atoms with van der Waals surface area (Å²) in [5, 5.41) is 4.09. The zero-order valence-corrected chi connectivity index (χ0v) is 13.4. The predicted octanol–water partition coefficient (Wildman–Crippen LogP) is 3.99. The summed E-state index contributed by atoms with van der Waals surface area (Å²) in [4.78, 5) is 3.93. The largest absolute Gasteiger partial charge is 0.494 e. The summed E-state index contributed by atoms with van der Waals surface area (Å²) in [7, 11) is 0. The zero-order valence-electron chi connectivity index (χ0n) is 13.4. The quantitative estimate of drug-likeness (QED) is 0.723. The fourth-order valence-electron chi connectivity index (χ4n) is 2.16. The van der Waals surface area contributed by atoms with Crippen molar-refractivity contribution in [2.75, 3.05) is 6.61 Å². The minimum Gasteiger partial charge on any atom is -0.494 e. The second kappa shape index (κ2) is 7.25. The molecule has 0 unspecified atom stereocenters. The van der Waals surface area contributed by atoms with Crippen molar-refractivity contribution in [3.63, 3.8) is 0 Å². The Labute approximate surface area is 127 Å². The van der Waals surface area contributed by atoms with Gasteiger partial charge in [-0.25, -0.2) is 4.98 Å². The van der Waals surface area contributed by atoms with E-state index in [9.17, 15) is 0 Å². The number of aryl methyl sites for hydroxylation is 1. The van der Waals surface area contributed by atoms with Crippen molar-refractivity contribution < 1.29 is 4.74 Å². The number of benzene rings is 1. The van der Waals surface area contributed by atoms with Gasteiger partial charge in [-0.05, 0) is 35.1 Å². The zero-order chi connectivity index (χ0) is 15.2. The van der Waals surface area contributed by atoms with Crippen molar-refractivity contribution in [1.82, 2.24) is 14.8 Å². The van der Waals surface area contributed by atoms with E-state index < -0.39 is 0 Å². The first-order valence-electron chi connectivity index (χ1n) is 7.66. The van der Waals surface area contributed by atoms with Crippen molar-refractivity contribution in [2.45, 2.75) is 52.5 Å². The van der Waals surface area contributed by atoms with E-state index in [0.717, 1.165) is 18.7 Å². The molecule has 2 rings (SSSR count). The molecule has 0 saturated heterocycles. The summed E-state index contributed by atoms with van der Waals surface area (Å²) < 4.78 is 7.75. The SMILES string of the molecule is CC(C)c1cc(OCCCn2cncn2)cc(C(C)C)c1. The molecule has 0 saturated carbocycles. The van der Waals surface area contributed by atoms with Gasteiger partial charge in [-0.15, -0.1) is 0 Å². The van der Waals surface area contributed by atoms with Crippen molar-refractivity contribution in [3.8, 4) is 5.75 Å². The first-order chi connectivity index (χ1) is 10.1. The fourth-order valence-corrected chi connectivity index (χ4v) is 2.16. The molecule has 0 fully saturated rings. The highest BCUT2D eigenvalue weighted by Gasteiger charge is 2.08. The molecular formula is C17H25N3O. The molecule has 0 spiro atoms. The second-order valence-electron chi connectivity index (χ2n) is 6.01. The van der Waals surface area contributed by atoms with Crippen LogP contribution in [0.4, 0.5) is 0 Å². The Hall–Kier alpha value is -1.84. The van der Waals surface area contributed by atoms with Gasteiger partial charge in [0, 0.05) is 13.0 Å². The van der Waals surface area contributed by atoms with Crippen molar-refractivity contribution >= 4 is 0 Å². The molecule has 0 aliphatic rings. The van der Waals surface area contributed by atoms with Gasteiger partial charge in [-0.1, -0.05) is 33.8 Å². The minimum absolute atomic E-state index is 0.515. The highest BCUT2D eigenvalue weighted by Crippen LogP contribution is 2.27. The van der Waals surface area contributed by atoms with E-state index in [0.29, 0.717) is 18.4 Å².